The van der Waals surface area contributed by atoms with Gasteiger partial charge >= 0.3 is 0 Å². The number of H-pyrrole nitrogens is 2. The number of nitrogens with zero attached hydrogens (tertiary/aromatic N) is 9. The van der Waals surface area contributed by atoms with E-state index in [1.807, 2.05) is 42.5 Å². The molecule has 34 heavy (non-hydrogen) atoms. The smallest absolute Gasteiger partial charge is 0.249 e. The molecule has 1 aromatic carbocycles. The fraction of sp³-hybridized carbons (Fsp3) is 0.250. The van der Waals surface area contributed by atoms with Crippen molar-refractivity contribution in [2.24, 2.45) is 5.92 Å². The maximum absolute atomic E-state index is 12.1. The summed E-state index contributed by atoms with van der Waals surface area (Å²) in [5.41, 5.74) is 2.36. The number of anilines is 1. The lowest BCUT2D eigenvalue weighted by molar-refractivity contribution is -0.117. The molecule has 1 aliphatic rings. The summed E-state index contributed by atoms with van der Waals surface area (Å²) in [5, 5.41) is 35.3. The number of benzene rings is 1. The van der Waals surface area contributed by atoms with Crippen LogP contribution in [0.2, 0.25) is 0 Å². The van der Waals surface area contributed by atoms with E-state index in [0.717, 1.165) is 24.1 Å². The van der Waals surface area contributed by atoms with E-state index >= 15 is 0 Å². The van der Waals surface area contributed by atoms with Crippen LogP contribution in [-0.4, -0.2) is 61.8 Å². The third-order valence-corrected chi connectivity index (χ3v) is 5.38. The molecule has 0 saturated heterocycles. The number of rotatable bonds is 8. The number of carbonyl (C=O) groups excluding carboxylic acids is 1. The van der Waals surface area contributed by atoms with Crippen LogP contribution in [0.1, 0.15) is 30.6 Å². The van der Waals surface area contributed by atoms with Crippen LogP contribution in [0.25, 0.3) is 16.9 Å². The maximum Gasteiger partial charge on any atom is 0.249 e. The number of nitrogens with one attached hydrogen (secondary N) is 3. The lowest BCUT2D eigenvalue weighted by Crippen LogP contribution is -2.14. The predicted octanol–water partition coefficient (Wildman–Crippen LogP) is 1.13. The highest BCUT2D eigenvalue weighted by Crippen LogP contribution is 2.30. The minimum absolute atomic E-state index is 0.0315. The molecule has 6 rings (SSSR count). The molecule has 170 valence electrons. The zero-order valence-electron chi connectivity index (χ0n) is 17.7. The number of amides is 1. The van der Waals surface area contributed by atoms with Gasteiger partial charge in [0.15, 0.2) is 17.6 Å². The summed E-state index contributed by atoms with van der Waals surface area (Å²) < 4.78 is 7.80. The molecule has 4 heterocycles. The van der Waals surface area contributed by atoms with E-state index in [-0.39, 0.29) is 11.8 Å². The van der Waals surface area contributed by atoms with Gasteiger partial charge in [0, 0.05) is 11.5 Å². The molecule has 0 radical (unpaired) electrons. The molecule has 4 aromatic heterocycles. The number of hydrogen-bond donors (Lipinski definition) is 3. The van der Waals surface area contributed by atoms with Gasteiger partial charge in [0.2, 0.25) is 17.7 Å². The Morgan fingerprint density at radius 1 is 1.09 bits per heavy atom. The van der Waals surface area contributed by atoms with Gasteiger partial charge in [-0.2, -0.15) is 15.4 Å². The largest absolute Gasteiger partial charge is 0.482 e. The Morgan fingerprint density at radius 2 is 1.91 bits per heavy atom. The van der Waals surface area contributed by atoms with E-state index in [4.69, 9.17) is 4.74 Å². The van der Waals surface area contributed by atoms with Gasteiger partial charge in [-0.15, -0.1) is 25.5 Å². The molecule has 5 aromatic rings. The average Bonchev–Trinajstić information content (AvgIpc) is 3.21. The molecule has 1 saturated carbocycles. The molecule has 1 aliphatic carbocycles. The van der Waals surface area contributed by atoms with E-state index in [1.54, 1.807) is 4.52 Å². The number of fused-ring (bicyclic) bond motifs is 1. The highest BCUT2D eigenvalue weighted by Gasteiger charge is 2.30. The molecule has 3 N–H and O–H groups in total. The van der Waals surface area contributed by atoms with Gasteiger partial charge in [-0.3, -0.25) is 10.1 Å². The zero-order chi connectivity index (χ0) is 22.9. The van der Waals surface area contributed by atoms with Gasteiger partial charge < -0.3 is 4.74 Å². The Morgan fingerprint density at radius 3 is 2.65 bits per heavy atom. The summed E-state index contributed by atoms with van der Waals surface area (Å²) in [6.45, 7) is 0. The molecule has 0 spiro atoms. The second kappa shape index (κ2) is 8.31. The van der Waals surface area contributed by atoms with Crippen molar-refractivity contribution < 1.29 is 9.53 Å². The van der Waals surface area contributed by atoms with Crippen LogP contribution in [0.3, 0.4) is 0 Å². The normalized spacial score (nSPS) is 14.2. The van der Waals surface area contributed by atoms with Crippen LogP contribution in [0.5, 0.6) is 5.75 Å². The first kappa shape index (κ1) is 19.9. The molecule has 1 atom stereocenters. The third-order valence-electron chi connectivity index (χ3n) is 5.38. The minimum atomic E-state index is -0.557. The standard InChI is InChI=1S/C20H18N12O2/c33-19(12-4-5-12)22-20-21-17-3-1-2-14(32(17)27-20)11-6-8-13(9-7-11)34-15(18-25-30-31-26-18)10-16-23-28-29-24-16/h1-3,6-9,12,15H,4-5,10H2,(H,22,27,33)(H,23,24,28,29)(H,25,26,30,31). The summed E-state index contributed by atoms with van der Waals surface area (Å²) in [6, 6.07) is 13.2. The van der Waals surface area contributed by atoms with Crippen LogP contribution in [-0.2, 0) is 11.2 Å². The van der Waals surface area contributed by atoms with Gasteiger partial charge in [0.25, 0.3) is 0 Å². The number of tetrazole rings is 2. The van der Waals surface area contributed by atoms with Crippen molar-refractivity contribution in [3.63, 3.8) is 0 Å². The molecule has 0 bridgehead atoms. The Balaban J connectivity index is 1.23. The van der Waals surface area contributed by atoms with Crippen molar-refractivity contribution in [2.75, 3.05) is 5.32 Å². The van der Waals surface area contributed by atoms with Crippen molar-refractivity contribution >= 4 is 17.5 Å². The minimum Gasteiger partial charge on any atom is -0.482 e. The van der Waals surface area contributed by atoms with Gasteiger partial charge in [-0.1, -0.05) is 16.5 Å². The first-order chi connectivity index (χ1) is 16.7. The lowest BCUT2D eigenvalue weighted by atomic mass is 10.1. The third kappa shape index (κ3) is 4.03. The van der Waals surface area contributed by atoms with E-state index in [0.29, 0.717) is 35.4 Å². The van der Waals surface area contributed by atoms with E-state index in [1.165, 1.54) is 0 Å². The summed E-state index contributed by atoms with van der Waals surface area (Å²) in [5.74, 6) is 1.79. The first-order valence-corrected chi connectivity index (χ1v) is 10.6. The number of carbonyl (C=O) groups is 1. The number of ether oxygens (including phenoxy) is 1. The fourth-order valence-electron chi connectivity index (χ4n) is 3.53. The molecule has 1 fully saturated rings. The van der Waals surface area contributed by atoms with Crippen LogP contribution in [0.4, 0.5) is 5.95 Å². The number of aromatic amines is 2. The predicted molar refractivity (Wildman–Crippen MR) is 115 cm³/mol. The van der Waals surface area contributed by atoms with Crippen molar-refractivity contribution in [3.05, 3.63) is 54.1 Å². The molecular formula is C20H18N12O2. The molecule has 14 heteroatoms. The van der Waals surface area contributed by atoms with Crippen molar-refractivity contribution in [1.82, 2.24) is 55.8 Å². The van der Waals surface area contributed by atoms with Crippen molar-refractivity contribution in [1.29, 1.82) is 0 Å². The Hall–Kier alpha value is -4.75. The van der Waals surface area contributed by atoms with Gasteiger partial charge in [0.05, 0.1) is 12.1 Å². The highest BCUT2D eigenvalue weighted by molar-refractivity contribution is 5.92. The van der Waals surface area contributed by atoms with Gasteiger partial charge in [-0.25, -0.2) is 4.52 Å². The summed E-state index contributed by atoms with van der Waals surface area (Å²) in [6.07, 6.45) is 1.59. The van der Waals surface area contributed by atoms with Crippen molar-refractivity contribution in [2.45, 2.75) is 25.4 Å². The molecule has 14 nitrogen and oxygen atoms in total. The molecular weight excluding hydrogens is 440 g/mol. The van der Waals surface area contributed by atoms with E-state index < -0.39 is 6.10 Å². The second-order valence-corrected chi connectivity index (χ2v) is 7.81. The second-order valence-electron chi connectivity index (χ2n) is 7.81. The maximum atomic E-state index is 12.1. The number of pyridine rings is 1. The van der Waals surface area contributed by atoms with E-state index in [9.17, 15) is 4.79 Å². The average molecular weight is 458 g/mol. The van der Waals surface area contributed by atoms with Gasteiger partial charge in [0.1, 0.15) is 5.75 Å². The number of aromatic nitrogens is 11. The number of hydrogen-bond acceptors (Lipinski definition) is 10. The van der Waals surface area contributed by atoms with Crippen LogP contribution in [0, 0.1) is 5.92 Å². The summed E-state index contributed by atoms with van der Waals surface area (Å²) >= 11 is 0. The highest BCUT2D eigenvalue weighted by atomic mass is 16.5. The molecule has 1 unspecified atom stereocenters. The SMILES string of the molecule is O=C(Nc1nc2cccc(-c3ccc(OC(Cc4nn[nH]n4)c4nn[nH]n4)cc3)n2n1)C1CC1. The lowest BCUT2D eigenvalue weighted by Gasteiger charge is -2.15. The Bertz CT molecular complexity index is 1410. The Kier molecular flexibility index (Phi) is 4.86. The molecule has 1 amide bonds. The molecule has 0 aliphatic heterocycles. The fourth-order valence-corrected chi connectivity index (χ4v) is 3.53. The first-order valence-electron chi connectivity index (χ1n) is 10.6. The van der Waals surface area contributed by atoms with E-state index in [2.05, 4.69) is 56.6 Å². The van der Waals surface area contributed by atoms with Crippen LogP contribution in [0.15, 0.2) is 42.5 Å². The summed E-state index contributed by atoms with van der Waals surface area (Å²) in [7, 11) is 0. The van der Waals surface area contributed by atoms with Crippen LogP contribution < -0.4 is 10.1 Å². The topological polar surface area (TPSA) is 177 Å². The quantitative estimate of drug-likeness (QED) is 0.305. The summed E-state index contributed by atoms with van der Waals surface area (Å²) in [4.78, 5) is 16.5. The van der Waals surface area contributed by atoms with Gasteiger partial charge in [-0.05, 0) is 49.2 Å². The zero-order valence-corrected chi connectivity index (χ0v) is 17.7. The Labute approximate surface area is 191 Å². The monoisotopic (exact) mass is 458 g/mol. The van der Waals surface area contributed by atoms with Crippen molar-refractivity contribution in [3.8, 4) is 17.0 Å². The van der Waals surface area contributed by atoms with Crippen LogP contribution >= 0.6 is 0 Å².